The number of carbonyl (C=O) groups is 1. The molecule has 3 aliphatic rings. The van der Waals surface area contributed by atoms with E-state index in [9.17, 15) is 4.79 Å². The van der Waals surface area contributed by atoms with Crippen LogP contribution in [0, 0.1) is 17.8 Å². The summed E-state index contributed by atoms with van der Waals surface area (Å²) in [6.45, 7) is 0.946. The molecule has 2 nitrogen and oxygen atoms in total. The van der Waals surface area contributed by atoms with E-state index in [1.807, 2.05) is 0 Å². The van der Waals surface area contributed by atoms with Crippen molar-refractivity contribution in [3.05, 3.63) is 0 Å². The zero-order valence-electron chi connectivity index (χ0n) is 8.99. The molecule has 3 rings (SSSR count). The molecule has 1 amide bonds. The molecule has 2 aliphatic carbocycles. The van der Waals surface area contributed by atoms with Crippen molar-refractivity contribution in [2.24, 2.45) is 17.8 Å². The highest BCUT2D eigenvalue weighted by Gasteiger charge is 2.49. The Morgan fingerprint density at radius 3 is 2.67 bits per heavy atom. The predicted octanol–water partition coefficient (Wildman–Crippen LogP) is 2.26. The molecule has 84 valence electrons. The van der Waals surface area contributed by atoms with Crippen LogP contribution in [0.5, 0.6) is 0 Å². The zero-order valence-corrected chi connectivity index (χ0v) is 9.75. The summed E-state index contributed by atoms with van der Waals surface area (Å²) >= 11 is 5.90. The second-order valence-electron chi connectivity index (χ2n) is 5.41. The van der Waals surface area contributed by atoms with Crippen LogP contribution in [0.4, 0.5) is 0 Å². The molecule has 1 saturated heterocycles. The Hall–Kier alpha value is -0.240. The van der Waals surface area contributed by atoms with Gasteiger partial charge in [-0.05, 0) is 43.9 Å². The van der Waals surface area contributed by atoms with E-state index in [4.69, 9.17) is 11.6 Å². The lowest BCUT2D eigenvalue weighted by Gasteiger charge is -2.26. The maximum Gasteiger partial charge on any atom is 0.225 e. The number of hydrogen-bond acceptors (Lipinski definition) is 1. The Kier molecular flexibility index (Phi) is 2.42. The van der Waals surface area contributed by atoms with Crippen molar-refractivity contribution in [3.63, 3.8) is 0 Å². The average molecular weight is 228 g/mol. The van der Waals surface area contributed by atoms with Crippen molar-refractivity contribution in [1.82, 2.24) is 4.90 Å². The molecule has 1 aliphatic heterocycles. The van der Waals surface area contributed by atoms with Crippen LogP contribution in [-0.4, -0.2) is 29.3 Å². The van der Waals surface area contributed by atoms with Crippen LogP contribution < -0.4 is 0 Å². The molecule has 0 aromatic carbocycles. The van der Waals surface area contributed by atoms with Crippen molar-refractivity contribution in [2.75, 3.05) is 12.4 Å². The minimum Gasteiger partial charge on any atom is -0.338 e. The van der Waals surface area contributed by atoms with E-state index >= 15 is 0 Å². The number of carbonyl (C=O) groups excluding carboxylic acids is 1. The minimum absolute atomic E-state index is 0.330. The number of amides is 1. The van der Waals surface area contributed by atoms with Crippen LogP contribution in [0.3, 0.4) is 0 Å². The van der Waals surface area contributed by atoms with E-state index in [-0.39, 0.29) is 0 Å². The van der Waals surface area contributed by atoms with Gasteiger partial charge in [-0.15, -0.1) is 11.6 Å². The first kappa shape index (κ1) is 9.95. The molecule has 15 heavy (non-hydrogen) atoms. The first-order valence-corrected chi connectivity index (χ1v) is 6.69. The van der Waals surface area contributed by atoms with Crippen LogP contribution in [0.2, 0.25) is 0 Å². The second-order valence-corrected chi connectivity index (χ2v) is 5.71. The van der Waals surface area contributed by atoms with Crippen molar-refractivity contribution in [2.45, 2.75) is 38.1 Å². The van der Waals surface area contributed by atoms with Crippen LogP contribution >= 0.6 is 11.6 Å². The highest BCUT2D eigenvalue weighted by atomic mass is 35.5. The summed E-state index contributed by atoms with van der Waals surface area (Å²) in [5.74, 6) is 3.17. The Balaban J connectivity index is 1.63. The number of nitrogens with zero attached hydrogens (tertiary/aromatic N) is 1. The van der Waals surface area contributed by atoms with Gasteiger partial charge in [-0.2, -0.15) is 0 Å². The van der Waals surface area contributed by atoms with Gasteiger partial charge in [0.25, 0.3) is 0 Å². The summed E-state index contributed by atoms with van der Waals surface area (Å²) < 4.78 is 0. The third-order valence-electron chi connectivity index (χ3n) is 4.43. The first-order chi connectivity index (χ1) is 7.29. The maximum absolute atomic E-state index is 12.3. The monoisotopic (exact) mass is 227 g/mol. The van der Waals surface area contributed by atoms with Gasteiger partial charge in [-0.3, -0.25) is 4.79 Å². The van der Waals surface area contributed by atoms with Crippen LogP contribution in [0.15, 0.2) is 0 Å². The molecule has 3 heteroatoms. The van der Waals surface area contributed by atoms with Crippen molar-refractivity contribution >= 4 is 17.5 Å². The number of likely N-dealkylation sites (tertiary alicyclic amines) is 1. The van der Waals surface area contributed by atoms with Crippen LogP contribution in [-0.2, 0) is 4.79 Å². The van der Waals surface area contributed by atoms with Gasteiger partial charge in [-0.1, -0.05) is 0 Å². The molecule has 3 fully saturated rings. The number of hydrogen-bond donors (Lipinski definition) is 0. The Labute approximate surface area is 96.0 Å². The summed E-state index contributed by atoms with van der Waals surface area (Å²) in [6, 6.07) is 0.330. The average Bonchev–Trinajstić information content (AvgIpc) is 2.72. The highest BCUT2D eigenvalue weighted by molar-refractivity contribution is 6.18. The van der Waals surface area contributed by atoms with E-state index in [0.717, 1.165) is 44.1 Å². The second kappa shape index (κ2) is 3.65. The van der Waals surface area contributed by atoms with Gasteiger partial charge >= 0.3 is 0 Å². The summed E-state index contributed by atoms with van der Waals surface area (Å²) in [4.78, 5) is 14.3. The number of halogens is 1. The minimum atomic E-state index is 0.330. The SMILES string of the molecule is O=C(C1CC2CC2C1)N1CCCC1CCl. The molecule has 0 spiro atoms. The van der Waals surface area contributed by atoms with Gasteiger partial charge in [0.15, 0.2) is 0 Å². The fourth-order valence-corrected chi connectivity index (χ4v) is 3.76. The third-order valence-corrected chi connectivity index (χ3v) is 4.79. The smallest absolute Gasteiger partial charge is 0.225 e. The Morgan fingerprint density at radius 1 is 1.27 bits per heavy atom. The van der Waals surface area contributed by atoms with Gasteiger partial charge in [0.2, 0.25) is 5.91 Å². The van der Waals surface area contributed by atoms with Crippen molar-refractivity contribution in [3.8, 4) is 0 Å². The fraction of sp³-hybridized carbons (Fsp3) is 0.917. The number of fused-ring (bicyclic) bond motifs is 1. The first-order valence-electron chi connectivity index (χ1n) is 6.16. The van der Waals surface area contributed by atoms with E-state index in [1.165, 1.54) is 6.42 Å². The lowest BCUT2D eigenvalue weighted by Crippen LogP contribution is -2.40. The van der Waals surface area contributed by atoms with E-state index in [0.29, 0.717) is 23.7 Å². The molecular formula is C12H18ClNO. The highest BCUT2D eigenvalue weighted by Crippen LogP contribution is 2.54. The topological polar surface area (TPSA) is 20.3 Å². The molecule has 3 unspecified atom stereocenters. The van der Waals surface area contributed by atoms with E-state index < -0.39 is 0 Å². The molecular weight excluding hydrogens is 210 g/mol. The predicted molar refractivity (Wildman–Crippen MR) is 59.8 cm³/mol. The van der Waals surface area contributed by atoms with Crippen LogP contribution in [0.1, 0.15) is 32.1 Å². The molecule has 1 heterocycles. The van der Waals surface area contributed by atoms with Crippen molar-refractivity contribution in [1.29, 1.82) is 0 Å². The van der Waals surface area contributed by atoms with Gasteiger partial charge in [0, 0.05) is 24.4 Å². The molecule has 0 aromatic rings. The van der Waals surface area contributed by atoms with Crippen LogP contribution in [0.25, 0.3) is 0 Å². The van der Waals surface area contributed by atoms with Gasteiger partial charge in [0.1, 0.15) is 0 Å². The normalized spacial score (nSPS) is 43.1. The lowest BCUT2D eigenvalue weighted by atomic mass is 10.0. The quantitative estimate of drug-likeness (QED) is 0.663. The van der Waals surface area contributed by atoms with Gasteiger partial charge in [0.05, 0.1) is 0 Å². The molecule has 0 bridgehead atoms. The van der Waals surface area contributed by atoms with Gasteiger partial charge < -0.3 is 4.90 Å². The molecule has 2 saturated carbocycles. The Bertz CT molecular complexity index is 271. The summed E-state index contributed by atoms with van der Waals surface area (Å²) in [7, 11) is 0. The maximum atomic E-state index is 12.3. The number of rotatable bonds is 2. The fourth-order valence-electron chi connectivity index (χ4n) is 3.44. The largest absolute Gasteiger partial charge is 0.338 e. The Morgan fingerprint density at radius 2 is 2.00 bits per heavy atom. The third kappa shape index (κ3) is 1.67. The number of alkyl halides is 1. The van der Waals surface area contributed by atoms with Crippen molar-refractivity contribution < 1.29 is 4.79 Å². The van der Waals surface area contributed by atoms with E-state index in [2.05, 4.69) is 4.90 Å². The van der Waals surface area contributed by atoms with Gasteiger partial charge in [-0.25, -0.2) is 0 Å². The standard InChI is InChI=1S/C12H18ClNO/c13-7-11-2-1-3-14(11)12(15)10-5-8-4-9(8)6-10/h8-11H,1-7H2. The summed E-state index contributed by atoms with van der Waals surface area (Å²) in [6.07, 6.45) is 5.96. The lowest BCUT2D eigenvalue weighted by molar-refractivity contribution is -0.136. The molecule has 0 N–H and O–H groups in total. The molecule has 3 atom stereocenters. The summed E-state index contributed by atoms with van der Waals surface area (Å²) in [5.41, 5.74) is 0. The molecule has 0 radical (unpaired) electrons. The summed E-state index contributed by atoms with van der Waals surface area (Å²) in [5, 5.41) is 0. The van der Waals surface area contributed by atoms with E-state index in [1.54, 1.807) is 0 Å². The zero-order chi connectivity index (χ0) is 10.4. The molecule has 0 aromatic heterocycles.